The Morgan fingerprint density at radius 1 is 1.21 bits per heavy atom. The second-order valence-corrected chi connectivity index (χ2v) is 7.80. The Morgan fingerprint density at radius 2 is 1.83 bits per heavy atom. The number of piperidine rings is 1. The first-order valence-electron chi connectivity index (χ1n) is 8.63. The minimum absolute atomic E-state index is 0.125. The van der Waals surface area contributed by atoms with Gasteiger partial charge in [-0.25, -0.2) is 4.79 Å². The van der Waals surface area contributed by atoms with Crippen LogP contribution in [-0.2, 0) is 9.53 Å². The van der Waals surface area contributed by atoms with E-state index in [1.165, 1.54) is 5.56 Å². The second kappa shape index (κ2) is 6.11. The van der Waals surface area contributed by atoms with Crippen molar-refractivity contribution < 1.29 is 14.3 Å². The number of benzene rings is 1. The molecule has 2 fully saturated rings. The molecule has 1 aromatic rings. The highest BCUT2D eigenvalue weighted by molar-refractivity contribution is 5.87. The van der Waals surface area contributed by atoms with Crippen LogP contribution in [0.15, 0.2) is 30.3 Å². The minimum atomic E-state index is -0.497. The fourth-order valence-corrected chi connectivity index (χ4v) is 3.84. The van der Waals surface area contributed by atoms with Gasteiger partial charge >= 0.3 is 6.09 Å². The Balaban J connectivity index is 1.73. The second-order valence-electron chi connectivity index (χ2n) is 7.80. The third-order valence-electron chi connectivity index (χ3n) is 5.10. The van der Waals surface area contributed by atoms with Gasteiger partial charge in [0, 0.05) is 25.6 Å². The summed E-state index contributed by atoms with van der Waals surface area (Å²) in [6, 6.07) is 10.2. The molecule has 0 saturated carbocycles. The molecule has 1 unspecified atom stereocenters. The number of hydrogen-bond donors (Lipinski definition) is 1. The van der Waals surface area contributed by atoms with Crippen LogP contribution < -0.4 is 5.32 Å². The highest BCUT2D eigenvalue weighted by Gasteiger charge is 2.52. The molecule has 1 N–H and O–H groups in total. The van der Waals surface area contributed by atoms with Gasteiger partial charge in [0.2, 0.25) is 5.91 Å². The van der Waals surface area contributed by atoms with Crippen LogP contribution >= 0.6 is 0 Å². The monoisotopic (exact) mass is 330 g/mol. The number of nitrogens with zero attached hydrogens (tertiary/aromatic N) is 1. The number of ether oxygens (including phenoxy) is 1. The van der Waals surface area contributed by atoms with E-state index >= 15 is 0 Å². The zero-order valence-electron chi connectivity index (χ0n) is 14.7. The molecule has 0 radical (unpaired) electrons. The van der Waals surface area contributed by atoms with Crippen molar-refractivity contribution in [2.45, 2.75) is 45.1 Å². The summed E-state index contributed by atoms with van der Waals surface area (Å²) in [5.41, 5.74) is 0.296. The molecule has 1 aromatic carbocycles. The number of rotatable bonds is 1. The normalized spacial score (nSPS) is 23.2. The van der Waals surface area contributed by atoms with Crippen molar-refractivity contribution >= 4 is 12.0 Å². The van der Waals surface area contributed by atoms with Crippen molar-refractivity contribution in [2.24, 2.45) is 5.41 Å². The quantitative estimate of drug-likeness (QED) is 0.861. The van der Waals surface area contributed by atoms with Gasteiger partial charge < -0.3 is 15.0 Å². The predicted molar refractivity (Wildman–Crippen MR) is 91.7 cm³/mol. The summed E-state index contributed by atoms with van der Waals surface area (Å²) in [6.07, 6.45) is 1.07. The number of nitrogens with one attached hydrogen (secondary N) is 1. The summed E-state index contributed by atoms with van der Waals surface area (Å²) in [5, 5.41) is 3.04. The van der Waals surface area contributed by atoms with Gasteiger partial charge in [0.25, 0.3) is 0 Å². The van der Waals surface area contributed by atoms with Gasteiger partial charge in [-0.15, -0.1) is 0 Å². The fraction of sp³-hybridized carbons (Fsp3) is 0.579. The lowest BCUT2D eigenvalue weighted by Crippen LogP contribution is -2.49. The molecule has 1 atom stereocenters. The van der Waals surface area contributed by atoms with Crippen molar-refractivity contribution in [1.29, 1.82) is 0 Å². The molecule has 2 amide bonds. The molecular formula is C19H26N2O3. The first-order chi connectivity index (χ1) is 11.3. The van der Waals surface area contributed by atoms with Gasteiger partial charge in [-0.05, 0) is 39.2 Å². The lowest BCUT2D eigenvalue weighted by Gasteiger charge is -2.41. The maximum Gasteiger partial charge on any atom is 0.410 e. The van der Waals surface area contributed by atoms with E-state index in [0.717, 1.165) is 0 Å². The van der Waals surface area contributed by atoms with E-state index in [4.69, 9.17) is 4.74 Å². The molecule has 5 heteroatoms. The van der Waals surface area contributed by atoms with Crippen molar-refractivity contribution in [3.63, 3.8) is 0 Å². The van der Waals surface area contributed by atoms with E-state index in [-0.39, 0.29) is 17.9 Å². The van der Waals surface area contributed by atoms with Gasteiger partial charge in [-0.2, -0.15) is 0 Å². The maximum atomic E-state index is 12.6. The Kier molecular flexibility index (Phi) is 4.28. The lowest BCUT2D eigenvalue weighted by molar-refractivity contribution is -0.130. The SMILES string of the molecule is CC(C)(C)OC(=O)N1CCC2(CC1)C(=O)NCC2c1ccccc1. The van der Waals surface area contributed by atoms with Crippen molar-refractivity contribution in [1.82, 2.24) is 10.2 Å². The summed E-state index contributed by atoms with van der Waals surface area (Å²) in [7, 11) is 0. The number of amides is 2. The molecule has 130 valence electrons. The number of hydrogen-bond acceptors (Lipinski definition) is 3. The molecule has 0 aliphatic carbocycles. The largest absolute Gasteiger partial charge is 0.444 e. The summed E-state index contributed by atoms with van der Waals surface area (Å²) in [4.78, 5) is 26.6. The molecular weight excluding hydrogens is 304 g/mol. The van der Waals surface area contributed by atoms with E-state index in [2.05, 4.69) is 17.4 Å². The van der Waals surface area contributed by atoms with Crippen molar-refractivity contribution in [2.75, 3.05) is 19.6 Å². The number of carbonyl (C=O) groups excluding carboxylic acids is 2. The average molecular weight is 330 g/mol. The van der Waals surface area contributed by atoms with Crippen LogP contribution in [0.5, 0.6) is 0 Å². The molecule has 0 bridgehead atoms. The van der Waals surface area contributed by atoms with Crippen molar-refractivity contribution in [3.8, 4) is 0 Å². The zero-order chi connectivity index (χ0) is 17.4. The zero-order valence-corrected chi connectivity index (χ0v) is 14.7. The van der Waals surface area contributed by atoms with Crippen LogP contribution in [0, 0.1) is 5.41 Å². The van der Waals surface area contributed by atoms with Crippen LogP contribution in [0.25, 0.3) is 0 Å². The summed E-state index contributed by atoms with van der Waals surface area (Å²) < 4.78 is 5.45. The van der Waals surface area contributed by atoms with E-state index in [0.29, 0.717) is 32.5 Å². The minimum Gasteiger partial charge on any atom is -0.444 e. The summed E-state index contributed by atoms with van der Waals surface area (Å²) >= 11 is 0. The topological polar surface area (TPSA) is 58.6 Å². The van der Waals surface area contributed by atoms with Gasteiger partial charge in [-0.3, -0.25) is 4.79 Å². The van der Waals surface area contributed by atoms with Gasteiger partial charge in [0.1, 0.15) is 5.60 Å². The summed E-state index contributed by atoms with van der Waals surface area (Å²) in [5.74, 6) is 0.298. The van der Waals surface area contributed by atoms with Crippen molar-refractivity contribution in [3.05, 3.63) is 35.9 Å². The molecule has 1 spiro atoms. The predicted octanol–water partition coefficient (Wildman–Crippen LogP) is 2.92. The highest BCUT2D eigenvalue weighted by Crippen LogP contribution is 2.47. The summed E-state index contributed by atoms with van der Waals surface area (Å²) in [6.45, 7) is 7.40. The molecule has 24 heavy (non-hydrogen) atoms. The van der Waals surface area contributed by atoms with E-state index in [1.54, 1.807) is 4.90 Å². The average Bonchev–Trinajstić information content (AvgIpc) is 2.84. The Labute approximate surface area is 143 Å². The molecule has 2 heterocycles. The molecule has 5 nitrogen and oxygen atoms in total. The standard InChI is InChI=1S/C19H26N2O3/c1-18(2,3)24-17(23)21-11-9-19(10-12-21)15(13-20-16(19)22)14-7-5-4-6-8-14/h4-8,15H,9-13H2,1-3H3,(H,20,22). The van der Waals surface area contributed by atoms with Gasteiger partial charge in [0.05, 0.1) is 5.41 Å². The lowest BCUT2D eigenvalue weighted by atomic mass is 9.68. The molecule has 2 saturated heterocycles. The van der Waals surface area contributed by atoms with Crippen LogP contribution in [0.3, 0.4) is 0 Å². The third-order valence-corrected chi connectivity index (χ3v) is 5.10. The van der Waals surface area contributed by atoms with E-state index in [9.17, 15) is 9.59 Å². The molecule has 2 aliphatic heterocycles. The Bertz CT molecular complexity index is 613. The molecule has 0 aromatic heterocycles. The number of carbonyl (C=O) groups is 2. The van der Waals surface area contributed by atoms with Crippen LogP contribution in [0.4, 0.5) is 4.79 Å². The van der Waals surface area contributed by atoms with E-state index in [1.807, 2.05) is 39.0 Å². The van der Waals surface area contributed by atoms with Crippen LogP contribution in [0.1, 0.15) is 45.1 Å². The van der Waals surface area contributed by atoms with Gasteiger partial charge in [0.15, 0.2) is 0 Å². The van der Waals surface area contributed by atoms with Crippen LogP contribution in [-0.4, -0.2) is 42.1 Å². The van der Waals surface area contributed by atoms with Crippen LogP contribution in [0.2, 0.25) is 0 Å². The molecule has 3 rings (SSSR count). The maximum absolute atomic E-state index is 12.6. The smallest absolute Gasteiger partial charge is 0.410 e. The van der Waals surface area contributed by atoms with Gasteiger partial charge in [-0.1, -0.05) is 30.3 Å². The Morgan fingerprint density at radius 3 is 2.42 bits per heavy atom. The molecule has 2 aliphatic rings. The third kappa shape index (κ3) is 3.12. The highest BCUT2D eigenvalue weighted by atomic mass is 16.6. The first kappa shape index (κ1) is 16.8. The number of likely N-dealkylation sites (tertiary alicyclic amines) is 1. The van der Waals surface area contributed by atoms with E-state index < -0.39 is 11.0 Å². The first-order valence-corrected chi connectivity index (χ1v) is 8.63. The Hall–Kier alpha value is -2.04. The fourth-order valence-electron chi connectivity index (χ4n) is 3.84.